The van der Waals surface area contributed by atoms with E-state index in [2.05, 4.69) is 96.1 Å². The Bertz CT molecular complexity index is 1470. The van der Waals surface area contributed by atoms with E-state index in [0.717, 1.165) is 75.0 Å². The van der Waals surface area contributed by atoms with Crippen LogP contribution in [0.5, 0.6) is 0 Å². The number of fused-ring (bicyclic) bond motifs is 8. The molecule has 5 rings (SSSR count). The zero-order valence-corrected chi connectivity index (χ0v) is 21.2. The Hall–Kier alpha value is -2.92. The maximum atomic E-state index is 5.05. The van der Waals surface area contributed by atoms with E-state index in [-0.39, 0.29) is 0 Å². The third-order valence-electron chi connectivity index (χ3n) is 6.57. The number of aromatic amines is 2. The van der Waals surface area contributed by atoms with Crippen molar-refractivity contribution in [3.63, 3.8) is 0 Å². The van der Waals surface area contributed by atoms with Crippen LogP contribution in [0.1, 0.15) is 76.2 Å². The van der Waals surface area contributed by atoms with E-state index in [1.807, 2.05) is 0 Å². The summed E-state index contributed by atoms with van der Waals surface area (Å²) in [5, 5.41) is 0. The summed E-state index contributed by atoms with van der Waals surface area (Å²) in [6.45, 7) is 8.84. The molecule has 4 nitrogen and oxygen atoms in total. The van der Waals surface area contributed by atoms with Gasteiger partial charge in [-0.3, -0.25) is 0 Å². The number of rotatable bonds is 4. The number of hydrogen-bond donors (Lipinski definition) is 2. The lowest BCUT2D eigenvalue weighted by molar-refractivity contribution is 1.20. The lowest BCUT2D eigenvalue weighted by Gasteiger charge is -2.02. The van der Waals surface area contributed by atoms with E-state index in [9.17, 15) is 0 Å². The standard InChI is InChI=1S/C28H29BrN4/c1-5-19-20(6-2)26-14-18-11-23(29)28(31-18)15-27-22(8-4)21(7-3)25(33-27)13-17-10-9-16(30-17)12-24(19)32-26/h9-15,30-31H,5-8H2,1-4H3. The van der Waals surface area contributed by atoms with Crippen molar-refractivity contribution < 1.29 is 0 Å². The molecular weight excluding hydrogens is 472 g/mol. The fraction of sp³-hybridized carbons (Fsp3) is 0.286. The second kappa shape index (κ2) is 8.79. The van der Waals surface area contributed by atoms with Crippen molar-refractivity contribution in [2.45, 2.75) is 53.4 Å². The monoisotopic (exact) mass is 500 g/mol. The minimum absolute atomic E-state index is 0.955. The SMILES string of the molecule is CCC1=C(CC)c2cc3cc(Br)c(cc4nc(cc5ccc(cc1n2)[nH]5)C(CC)=C4CC)[nH]3. The zero-order valence-electron chi connectivity index (χ0n) is 19.6. The summed E-state index contributed by atoms with van der Waals surface area (Å²) in [4.78, 5) is 17.2. The van der Waals surface area contributed by atoms with Gasteiger partial charge in [0.1, 0.15) is 0 Å². The van der Waals surface area contributed by atoms with Gasteiger partial charge in [0.15, 0.2) is 0 Å². The Labute approximate surface area is 203 Å². The number of hydrogen-bond acceptors (Lipinski definition) is 2. The van der Waals surface area contributed by atoms with Crippen LogP contribution in [0.2, 0.25) is 0 Å². The molecule has 2 N–H and O–H groups in total. The van der Waals surface area contributed by atoms with Crippen molar-refractivity contribution in [3.05, 3.63) is 69.7 Å². The quantitative estimate of drug-likeness (QED) is 0.376. The van der Waals surface area contributed by atoms with Crippen molar-refractivity contribution in [1.82, 2.24) is 19.9 Å². The molecule has 0 spiro atoms. The number of allylic oxidation sites excluding steroid dienone is 4. The average molecular weight is 501 g/mol. The van der Waals surface area contributed by atoms with Crippen LogP contribution in [0, 0.1) is 0 Å². The Morgan fingerprint density at radius 2 is 1.00 bits per heavy atom. The number of halogens is 1. The first-order valence-corrected chi connectivity index (χ1v) is 12.7. The summed E-state index contributed by atoms with van der Waals surface area (Å²) in [6, 6.07) is 15.1. The third kappa shape index (κ3) is 3.89. The van der Waals surface area contributed by atoms with Gasteiger partial charge < -0.3 is 9.97 Å². The van der Waals surface area contributed by atoms with Gasteiger partial charge in [-0.15, -0.1) is 0 Å². The van der Waals surface area contributed by atoms with E-state index in [0.29, 0.717) is 0 Å². The molecule has 2 aliphatic heterocycles. The molecule has 0 atom stereocenters. The molecule has 33 heavy (non-hydrogen) atoms. The number of nitrogens with one attached hydrogen (secondary N) is 2. The maximum Gasteiger partial charge on any atom is 0.0693 e. The van der Waals surface area contributed by atoms with E-state index in [1.165, 1.54) is 22.3 Å². The molecule has 0 radical (unpaired) electrons. The molecule has 0 saturated carbocycles. The predicted octanol–water partition coefficient (Wildman–Crippen LogP) is 8.54. The number of H-pyrrole nitrogens is 2. The highest BCUT2D eigenvalue weighted by atomic mass is 79.9. The molecule has 0 unspecified atom stereocenters. The summed E-state index contributed by atoms with van der Waals surface area (Å²) in [6.07, 6.45) is 3.83. The van der Waals surface area contributed by atoms with Gasteiger partial charge in [0.25, 0.3) is 0 Å². The molecule has 0 saturated heterocycles. The first-order valence-electron chi connectivity index (χ1n) is 11.9. The van der Waals surface area contributed by atoms with Crippen LogP contribution in [-0.2, 0) is 0 Å². The largest absolute Gasteiger partial charge is 0.355 e. The van der Waals surface area contributed by atoms with Crippen LogP contribution >= 0.6 is 15.9 Å². The molecule has 5 heteroatoms. The second-order valence-corrected chi connectivity index (χ2v) is 9.38. The molecule has 0 aromatic carbocycles. The van der Waals surface area contributed by atoms with Crippen LogP contribution in [0.15, 0.2) is 46.9 Å². The fourth-order valence-corrected chi connectivity index (χ4v) is 5.49. The van der Waals surface area contributed by atoms with Gasteiger partial charge in [-0.25, -0.2) is 9.97 Å². The molecule has 0 amide bonds. The zero-order chi connectivity index (χ0) is 23.1. The van der Waals surface area contributed by atoms with Crippen LogP contribution in [-0.4, -0.2) is 19.9 Å². The molecule has 3 aromatic rings. The normalized spacial score (nSPS) is 13.8. The smallest absolute Gasteiger partial charge is 0.0693 e. The van der Waals surface area contributed by atoms with Gasteiger partial charge in [0, 0.05) is 21.0 Å². The van der Waals surface area contributed by atoms with E-state index >= 15 is 0 Å². The van der Waals surface area contributed by atoms with Crippen LogP contribution in [0.25, 0.3) is 44.4 Å². The van der Waals surface area contributed by atoms with Crippen molar-refractivity contribution in [1.29, 1.82) is 0 Å². The summed E-state index contributed by atoms with van der Waals surface area (Å²) in [5.74, 6) is 0. The minimum atomic E-state index is 0.955. The number of aromatic nitrogens is 4. The van der Waals surface area contributed by atoms with Crippen molar-refractivity contribution in [2.24, 2.45) is 0 Å². The van der Waals surface area contributed by atoms with Crippen LogP contribution < -0.4 is 0 Å². The lowest BCUT2D eigenvalue weighted by Crippen LogP contribution is -1.82. The molecule has 168 valence electrons. The molecule has 0 fully saturated rings. The first kappa shape index (κ1) is 21.9. The molecule has 8 bridgehead atoms. The van der Waals surface area contributed by atoms with E-state index in [4.69, 9.17) is 9.97 Å². The average Bonchev–Trinajstić information content (AvgIpc) is 3.54. The summed E-state index contributed by atoms with van der Waals surface area (Å²) in [5.41, 5.74) is 13.7. The molecule has 5 heterocycles. The lowest BCUT2D eigenvalue weighted by atomic mass is 10.0. The van der Waals surface area contributed by atoms with Crippen LogP contribution in [0.4, 0.5) is 0 Å². The minimum Gasteiger partial charge on any atom is -0.355 e. The highest BCUT2D eigenvalue weighted by Crippen LogP contribution is 2.37. The van der Waals surface area contributed by atoms with Gasteiger partial charge in [-0.1, -0.05) is 27.7 Å². The van der Waals surface area contributed by atoms with Crippen molar-refractivity contribution in [3.8, 4) is 0 Å². The van der Waals surface area contributed by atoms with Gasteiger partial charge in [-0.2, -0.15) is 0 Å². The maximum absolute atomic E-state index is 5.05. The first-order chi connectivity index (χ1) is 16.0. The fourth-order valence-electron chi connectivity index (χ4n) is 5.03. The third-order valence-corrected chi connectivity index (χ3v) is 7.22. The number of nitrogens with zero attached hydrogens (tertiary/aromatic N) is 2. The Morgan fingerprint density at radius 1 is 0.576 bits per heavy atom. The highest BCUT2D eigenvalue weighted by Gasteiger charge is 2.19. The van der Waals surface area contributed by atoms with Gasteiger partial charge in [0.2, 0.25) is 0 Å². The molecule has 2 aliphatic rings. The van der Waals surface area contributed by atoms with Gasteiger partial charge >= 0.3 is 0 Å². The Kier molecular flexibility index (Phi) is 5.83. The summed E-state index contributed by atoms with van der Waals surface area (Å²) < 4.78 is 1.03. The summed E-state index contributed by atoms with van der Waals surface area (Å²) in [7, 11) is 0. The van der Waals surface area contributed by atoms with Crippen LogP contribution in [0.3, 0.4) is 0 Å². The van der Waals surface area contributed by atoms with Crippen molar-refractivity contribution >= 4 is 60.3 Å². The predicted molar refractivity (Wildman–Crippen MR) is 143 cm³/mol. The van der Waals surface area contributed by atoms with E-state index < -0.39 is 0 Å². The molecule has 0 aliphatic carbocycles. The second-order valence-electron chi connectivity index (χ2n) is 8.53. The Morgan fingerprint density at radius 3 is 1.45 bits per heavy atom. The topological polar surface area (TPSA) is 57.4 Å². The molecular formula is C28H29BrN4. The van der Waals surface area contributed by atoms with E-state index in [1.54, 1.807) is 0 Å². The van der Waals surface area contributed by atoms with Crippen molar-refractivity contribution in [2.75, 3.05) is 0 Å². The molecule has 3 aromatic heterocycles. The highest BCUT2D eigenvalue weighted by molar-refractivity contribution is 9.10. The van der Waals surface area contributed by atoms with Gasteiger partial charge in [0.05, 0.1) is 28.3 Å². The summed E-state index contributed by atoms with van der Waals surface area (Å²) >= 11 is 3.76. The van der Waals surface area contributed by atoms with Gasteiger partial charge in [-0.05, 0) is 106 Å². The Balaban J connectivity index is 1.90.